The van der Waals surface area contributed by atoms with E-state index in [-0.39, 0.29) is 18.5 Å². The van der Waals surface area contributed by atoms with Crippen molar-refractivity contribution in [3.8, 4) is 11.5 Å². The van der Waals surface area contributed by atoms with Crippen molar-refractivity contribution in [2.24, 2.45) is 0 Å². The van der Waals surface area contributed by atoms with Gasteiger partial charge in [0.25, 0.3) is 0 Å². The summed E-state index contributed by atoms with van der Waals surface area (Å²) >= 11 is 6.02. The number of amides is 2. The summed E-state index contributed by atoms with van der Waals surface area (Å²) in [6.45, 7) is 5.13. The highest BCUT2D eigenvalue weighted by molar-refractivity contribution is 7.92. The number of anilines is 1. The van der Waals surface area contributed by atoms with Gasteiger partial charge in [0, 0.05) is 17.6 Å². The van der Waals surface area contributed by atoms with E-state index in [0.717, 1.165) is 16.1 Å². The van der Waals surface area contributed by atoms with Gasteiger partial charge in [-0.3, -0.25) is 13.9 Å². The summed E-state index contributed by atoms with van der Waals surface area (Å²) in [5.74, 6) is 0.350. The van der Waals surface area contributed by atoms with Crippen LogP contribution in [0, 0.1) is 0 Å². The maximum absolute atomic E-state index is 13.7. The molecule has 1 atom stereocenters. The van der Waals surface area contributed by atoms with Crippen LogP contribution in [0.15, 0.2) is 78.9 Å². The van der Waals surface area contributed by atoms with Crippen molar-refractivity contribution in [2.45, 2.75) is 45.8 Å². The molecule has 3 aromatic rings. The maximum Gasteiger partial charge on any atom is 0.244 e. The van der Waals surface area contributed by atoms with E-state index in [4.69, 9.17) is 16.3 Å². The van der Waals surface area contributed by atoms with Gasteiger partial charge in [-0.05, 0) is 74.4 Å². The number of rotatable bonds is 12. The first kappa shape index (κ1) is 30.0. The van der Waals surface area contributed by atoms with Crippen LogP contribution < -0.4 is 14.4 Å². The van der Waals surface area contributed by atoms with E-state index in [0.29, 0.717) is 28.6 Å². The van der Waals surface area contributed by atoms with Crippen LogP contribution in [-0.2, 0) is 26.2 Å². The number of carbonyl (C=O) groups is 2. The number of halogens is 1. The molecule has 1 N–H and O–H groups in total. The van der Waals surface area contributed by atoms with Crippen LogP contribution in [0.25, 0.3) is 0 Å². The minimum atomic E-state index is -3.84. The van der Waals surface area contributed by atoms with Gasteiger partial charge in [-0.1, -0.05) is 48.9 Å². The normalized spacial score (nSPS) is 12.1. The van der Waals surface area contributed by atoms with Crippen molar-refractivity contribution in [3.63, 3.8) is 0 Å². The summed E-state index contributed by atoms with van der Waals surface area (Å²) in [6.07, 6.45) is 1.39. The van der Waals surface area contributed by atoms with Gasteiger partial charge in [0.05, 0.1) is 11.9 Å². The Morgan fingerprint density at radius 3 is 2.05 bits per heavy atom. The summed E-state index contributed by atoms with van der Waals surface area (Å²) in [4.78, 5) is 28.2. The first-order chi connectivity index (χ1) is 18.5. The molecule has 0 bridgehead atoms. The lowest BCUT2D eigenvalue weighted by atomic mass is 10.1. The molecule has 0 aromatic heterocycles. The molecule has 2 amide bonds. The molecule has 0 unspecified atom stereocenters. The Labute approximate surface area is 235 Å². The molecule has 0 heterocycles. The zero-order valence-corrected chi connectivity index (χ0v) is 24.1. The molecule has 0 aliphatic carbocycles. The van der Waals surface area contributed by atoms with Gasteiger partial charge >= 0.3 is 0 Å². The lowest BCUT2D eigenvalue weighted by molar-refractivity contribution is -0.140. The van der Waals surface area contributed by atoms with E-state index in [1.165, 1.54) is 4.90 Å². The Hall–Kier alpha value is -3.56. The Balaban J connectivity index is 1.89. The topological polar surface area (TPSA) is 96.0 Å². The molecule has 10 heteroatoms. The van der Waals surface area contributed by atoms with Gasteiger partial charge in [0.1, 0.15) is 24.1 Å². The summed E-state index contributed by atoms with van der Waals surface area (Å²) in [7, 11) is -3.84. The number of ether oxygens (including phenoxy) is 1. The van der Waals surface area contributed by atoms with Gasteiger partial charge in [-0.15, -0.1) is 0 Å². The molecule has 0 saturated carbocycles. The summed E-state index contributed by atoms with van der Waals surface area (Å²) < 4.78 is 32.5. The number of hydrogen-bond acceptors (Lipinski definition) is 5. The third-order valence-electron chi connectivity index (χ3n) is 5.87. The number of carbonyl (C=O) groups excluding carboxylic acids is 2. The molecular formula is C29H34ClN3O5S. The summed E-state index contributed by atoms with van der Waals surface area (Å²) in [5.41, 5.74) is 1.06. The molecule has 0 radical (unpaired) electrons. The van der Waals surface area contributed by atoms with Crippen molar-refractivity contribution in [3.05, 3.63) is 89.4 Å². The fourth-order valence-electron chi connectivity index (χ4n) is 4.01. The van der Waals surface area contributed by atoms with Gasteiger partial charge in [-0.2, -0.15) is 0 Å². The number of benzene rings is 3. The fourth-order valence-corrected chi connectivity index (χ4v) is 4.98. The average Bonchev–Trinajstić information content (AvgIpc) is 2.88. The average molecular weight is 572 g/mol. The number of hydrogen-bond donors (Lipinski definition) is 1. The molecule has 0 fully saturated rings. The smallest absolute Gasteiger partial charge is 0.244 e. The number of sulfonamides is 1. The van der Waals surface area contributed by atoms with Crippen LogP contribution in [0.3, 0.4) is 0 Å². The van der Waals surface area contributed by atoms with E-state index < -0.39 is 28.5 Å². The lowest BCUT2D eigenvalue weighted by Crippen LogP contribution is -2.53. The predicted molar refractivity (Wildman–Crippen MR) is 155 cm³/mol. The van der Waals surface area contributed by atoms with Crippen molar-refractivity contribution >= 4 is 39.1 Å². The molecule has 0 aliphatic heterocycles. The van der Waals surface area contributed by atoms with Crippen LogP contribution in [0.2, 0.25) is 5.02 Å². The van der Waals surface area contributed by atoms with Crippen LogP contribution >= 0.6 is 11.6 Å². The second-order valence-electron chi connectivity index (χ2n) is 9.41. The number of nitrogens with zero attached hydrogens (tertiary/aromatic N) is 2. The third-order valence-corrected chi connectivity index (χ3v) is 7.26. The first-order valence-corrected chi connectivity index (χ1v) is 14.9. The van der Waals surface area contributed by atoms with E-state index in [1.54, 1.807) is 48.5 Å². The standard InChI is InChI=1S/C29H34ClN3O5S/c1-5-27(29(35)31-21(2)3)32(19-22-11-13-23(30)14-12-22)28(34)20-33(39(4,36)37)24-15-17-26(18-16-24)38-25-9-7-6-8-10-25/h6-18,21,27H,5,19-20H2,1-4H3,(H,31,35)/t27-/m0/s1. The van der Waals surface area contributed by atoms with Gasteiger partial charge < -0.3 is 15.0 Å². The molecule has 39 heavy (non-hydrogen) atoms. The van der Waals surface area contributed by atoms with Crippen molar-refractivity contribution in [2.75, 3.05) is 17.1 Å². The zero-order chi connectivity index (χ0) is 28.6. The molecule has 0 aliphatic rings. The Kier molecular flexibility index (Phi) is 10.4. The third kappa shape index (κ3) is 8.73. The molecule has 208 valence electrons. The van der Waals surface area contributed by atoms with Crippen molar-refractivity contribution in [1.29, 1.82) is 0 Å². The maximum atomic E-state index is 13.7. The highest BCUT2D eigenvalue weighted by Gasteiger charge is 2.32. The molecule has 8 nitrogen and oxygen atoms in total. The van der Waals surface area contributed by atoms with Crippen LogP contribution in [0.4, 0.5) is 5.69 Å². The molecule has 3 aromatic carbocycles. The monoisotopic (exact) mass is 571 g/mol. The minimum absolute atomic E-state index is 0.113. The fraction of sp³-hybridized carbons (Fsp3) is 0.310. The molecule has 0 saturated heterocycles. The van der Waals surface area contributed by atoms with E-state index >= 15 is 0 Å². The number of nitrogens with one attached hydrogen (secondary N) is 1. The van der Waals surface area contributed by atoms with E-state index in [2.05, 4.69) is 5.32 Å². The Bertz CT molecular complexity index is 1350. The Morgan fingerprint density at radius 1 is 0.923 bits per heavy atom. The quantitative estimate of drug-likeness (QED) is 0.321. The van der Waals surface area contributed by atoms with Crippen LogP contribution in [0.1, 0.15) is 32.8 Å². The van der Waals surface area contributed by atoms with Crippen LogP contribution in [-0.4, -0.2) is 50.0 Å². The zero-order valence-electron chi connectivity index (χ0n) is 22.5. The van der Waals surface area contributed by atoms with E-state index in [9.17, 15) is 18.0 Å². The molecule has 3 rings (SSSR count). The Morgan fingerprint density at radius 2 is 1.51 bits per heavy atom. The largest absolute Gasteiger partial charge is 0.457 e. The van der Waals surface area contributed by atoms with Gasteiger partial charge in [-0.25, -0.2) is 8.42 Å². The van der Waals surface area contributed by atoms with E-state index in [1.807, 2.05) is 51.1 Å². The predicted octanol–water partition coefficient (Wildman–Crippen LogP) is 5.23. The summed E-state index contributed by atoms with van der Waals surface area (Å²) in [6, 6.07) is 21.7. The first-order valence-electron chi connectivity index (χ1n) is 12.6. The van der Waals surface area contributed by atoms with Gasteiger partial charge in [0.15, 0.2) is 0 Å². The molecular weight excluding hydrogens is 538 g/mol. The van der Waals surface area contributed by atoms with Crippen molar-refractivity contribution < 1.29 is 22.7 Å². The second kappa shape index (κ2) is 13.5. The second-order valence-corrected chi connectivity index (χ2v) is 11.8. The highest BCUT2D eigenvalue weighted by Crippen LogP contribution is 2.26. The highest BCUT2D eigenvalue weighted by atomic mass is 35.5. The van der Waals surface area contributed by atoms with Gasteiger partial charge in [0.2, 0.25) is 21.8 Å². The van der Waals surface area contributed by atoms with Crippen LogP contribution in [0.5, 0.6) is 11.5 Å². The minimum Gasteiger partial charge on any atom is -0.457 e. The van der Waals surface area contributed by atoms with Crippen molar-refractivity contribution in [1.82, 2.24) is 10.2 Å². The lowest BCUT2D eigenvalue weighted by Gasteiger charge is -2.33. The summed E-state index contributed by atoms with van der Waals surface area (Å²) in [5, 5.41) is 3.41. The molecule has 0 spiro atoms. The number of para-hydroxylation sites is 1. The SMILES string of the molecule is CC[C@@H](C(=O)NC(C)C)N(Cc1ccc(Cl)cc1)C(=O)CN(c1ccc(Oc2ccccc2)cc1)S(C)(=O)=O.